The number of hydrogen-bond acceptors (Lipinski definition) is 5. The minimum atomic E-state index is -0.893. The fourth-order valence-corrected chi connectivity index (χ4v) is 2.26. The summed E-state index contributed by atoms with van der Waals surface area (Å²) in [5.41, 5.74) is 0.797. The van der Waals surface area contributed by atoms with E-state index in [1.54, 1.807) is 20.3 Å². The summed E-state index contributed by atoms with van der Waals surface area (Å²) in [6.07, 6.45) is 1.88. The number of nitrogens with one attached hydrogen (secondary N) is 1. The van der Waals surface area contributed by atoms with Crippen molar-refractivity contribution in [3.63, 3.8) is 0 Å². The lowest BCUT2D eigenvalue weighted by Crippen LogP contribution is -2.19. The van der Waals surface area contributed by atoms with Gasteiger partial charge >= 0.3 is 5.56 Å². The zero-order chi connectivity index (χ0) is 17.0. The fourth-order valence-electron chi connectivity index (χ4n) is 2.26. The van der Waals surface area contributed by atoms with Crippen molar-refractivity contribution in [3.8, 4) is 11.5 Å². The zero-order valence-corrected chi connectivity index (χ0v) is 13.6. The minimum absolute atomic E-state index is 0.279. The Bertz CT molecular complexity index is 759. The van der Waals surface area contributed by atoms with Crippen LogP contribution in [0, 0.1) is 5.82 Å². The molecule has 124 valence electrons. The van der Waals surface area contributed by atoms with Crippen LogP contribution in [0.2, 0.25) is 0 Å². The van der Waals surface area contributed by atoms with Gasteiger partial charge in [0.2, 0.25) is 11.8 Å². The van der Waals surface area contributed by atoms with Crippen LogP contribution in [0.5, 0.6) is 11.5 Å². The van der Waals surface area contributed by atoms with E-state index < -0.39 is 11.4 Å². The molecule has 0 aliphatic heterocycles. The lowest BCUT2D eigenvalue weighted by molar-refractivity contribution is 0.355. The molecule has 0 fully saturated rings. The summed E-state index contributed by atoms with van der Waals surface area (Å²) in [7, 11) is 3.12. The number of ether oxygens (including phenoxy) is 2. The van der Waals surface area contributed by atoms with E-state index in [-0.39, 0.29) is 5.95 Å². The van der Waals surface area contributed by atoms with E-state index in [1.807, 2.05) is 19.9 Å². The number of aromatic nitrogens is 2. The maximum atomic E-state index is 13.4. The molecule has 1 heterocycles. The van der Waals surface area contributed by atoms with Gasteiger partial charge in [0, 0.05) is 24.5 Å². The lowest BCUT2D eigenvalue weighted by Gasteiger charge is -2.17. The molecule has 2 aromatic rings. The highest BCUT2D eigenvalue weighted by Crippen LogP contribution is 2.34. The lowest BCUT2D eigenvalue weighted by atomic mass is 10.1. The monoisotopic (exact) mass is 321 g/mol. The number of halogens is 1. The van der Waals surface area contributed by atoms with Gasteiger partial charge in [-0.25, -0.2) is 0 Å². The number of methoxy groups -OCH3 is 2. The second-order valence-electron chi connectivity index (χ2n) is 4.85. The van der Waals surface area contributed by atoms with Crippen molar-refractivity contribution in [1.82, 2.24) is 9.55 Å². The predicted octanol–water partition coefficient (Wildman–Crippen LogP) is 2.73. The van der Waals surface area contributed by atoms with Crippen molar-refractivity contribution in [2.24, 2.45) is 0 Å². The van der Waals surface area contributed by atoms with Gasteiger partial charge in [0.1, 0.15) is 0 Å². The minimum Gasteiger partial charge on any atom is -0.493 e. The first-order valence-corrected chi connectivity index (χ1v) is 7.32. The van der Waals surface area contributed by atoms with Crippen molar-refractivity contribution in [3.05, 3.63) is 40.1 Å². The molecule has 1 N–H and O–H groups in total. The molecule has 0 aliphatic rings. The third-order valence-corrected chi connectivity index (χ3v) is 3.53. The maximum Gasteiger partial charge on any atom is 0.310 e. The molecule has 2 rings (SSSR count). The van der Waals surface area contributed by atoms with Crippen LogP contribution in [0.4, 0.5) is 16.0 Å². The summed E-state index contributed by atoms with van der Waals surface area (Å²) in [4.78, 5) is 15.3. The molecule has 0 saturated carbocycles. The first-order valence-electron chi connectivity index (χ1n) is 7.32. The van der Waals surface area contributed by atoms with Crippen LogP contribution in [-0.2, 0) is 13.0 Å². The van der Waals surface area contributed by atoms with Gasteiger partial charge in [-0.3, -0.25) is 4.79 Å². The second-order valence-corrected chi connectivity index (χ2v) is 4.85. The summed E-state index contributed by atoms with van der Waals surface area (Å²) in [6.45, 7) is 4.31. The quantitative estimate of drug-likeness (QED) is 0.886. The molecular weight excluding hydrogens is 301 g/mol. The molecule has 0 unspecified atom stereocenters. The Kier molecular flexibility index (Phi) is 5.20. The van der Waals surface area contributed by atoms with Crippen LogP contribution in [0.1, 0.15) is 19.4 Å². The van der Waals surface area contributed by atoms with Gasteiger partial charge in [-0.05, 0) is 25.0 Å². The van der Waals surface area contributed by atoms with Gasteiger partial charge in [0.15, 0.2) is 11.5 Å². The number of nitrogens with zero attached hydrogens (tertiary/aromatic N) is 2. The van der Waals surface area contributed by atoms with Gasteiger partial charge in [0.05, 0.1) is 14.2 Å². The number of anilines is 2. The van der Waals surface area contributed by atoms with Gasteiger partial charge in [-0.2, -0.15) is 9.37 Å². The smallest absolute Gasteiger partial charge is 0.310 e. The summed E-state index contributed by atoms with van der Waals surface area (Å²) >= 11 is 0. The molecule has 0 bridgehead atoms. The van der Waals surface area contributed by atoms with E-state index in [1.165, 1.54) is 4.57 Å². The predicted molar refractivity (Wildman–Crippen MR) is 86.3 cm³/mol. The molecule has 1 aromatic carbocycles. The molecule has 6 nitrogen and oxygen atoms in total. The number of rotatable bonds is 6. The Balaban J connectivity index is 2.51. The number of hydrogen-bond donors (Lipinski definition) is 1. The zero-order valence-electron chi connectivity index (χ0n) is 13.6. The standard InChI is InChI=1S/C16H20FN3O3/c1-5-10-7-13(22-3)14(23-4)8-12(10)18-16-19-15(21)11(17)9-20(16)6-2/h7-9H,5-6H2,1-4H3,(H,18,19,21). The SMILES string of the molecule is CCc1cc(OC)c(OC)cc1Nc1nc(=O)c(F)cn1CC. The van der Waals surface area contributed by atoms with Crippen molar-refractivity contribution in [1.29, 1.82) is 0 Å². The molecule has 0 spiro atoms. The van der Waals surface area contributed by atoms with Crippen LogP contribution >= 0.6 is 0 Å². The Morgan fingerprint density at radius 1 is 1.22 bits per heavy atom. The Morgan fingerprint density at radius 3 is 2.43 bits per heavy atom. The molecule has 0 atom stereocenters. The van der Waals surface area contributed by atoms with Crippen molar-refractivity contribution in [2.75, 3.05) is 19.5 Å². The normalized spacial score (nSPS) is 10.5. The molecular formula is C16H20FN3O3. The Labute approximate surface area is 133 Å². The third-order valence-electron chi connectivity index (χ3n) is 3.53. The first-order chi connectivity index (χ1) is 11.0. The van der Waals surface area contributed by atoms with Crippen LogP contribution in [0.25, 0.3) is 0 Å². The van der Waals surface area contributed by atoms with Gasteiger partial charge < -0.3 is 19.4 Å². The molecule has 0 amide bonds. The Morgan fingerprint density at radius 2 is 1.87 bits per heavy atom. The van der Waals surface area contributed by atoms with E-state index in [9.17, 15) is 9.18 Å². The number of benzene rings is 1. The number of aryl methyl sites for hydroxylation is 2. The van der Waals surface area contributed by atoms with Crippen molar-refractivity contribution < 1.29 is 13.9 Å². The molecule has 1 aromatic heterocycles. The third kappa shape index (κ3) is 3.44. The van der Waals surface area contributed by atoms with Crippen LogP contribution < -0.4 is 20.3 Å². The van der Waals surface area contributed by atoms with Crippen LogP contribution in [-0.4, -0.2) is 23.8 Å². The van der Waals surface area contributed by atoms with Crippen molar-refractivity contribution in [2.45, 2.75) is 26.8 Å². The largest absolute Gasteiger partial charge is 0.493 e. The van der Waals surface area contributed by atoms with Crippen LogP contribution in [0.15, 0.2) is 23.1 Å². The summed E-state index contributed by atoms with van der Waals surface area (Å²) < 4.78 is 25.5. The van der Waals surface area contributed by atoms with Crippen LogP contribution in [0.3, 0.4) is 0 Å². The average molecular weight is 321 g/mol. The van der Waals surface area contributed by atoms with E-state index in [0.29, 0.717) is 18.0 Å². The summed E-state index contributed by atoms with van der Waals surface area (Å²) in [5, 5.41) is 3.09. The highest BCUT2D eigenvalue weighted by molar-refractivity contribution is 5.65. The Hall–Kier alpha value is -2.57. The highest BCUT2D eigenvalue weighted by Gasteiger charge is 2.13. The van der Waals surface area contributed by atoms with Gasteiger partial charge in [-0.1, -0.05) is 6.92 Å². The average Bonchev–Trinajstić information content (AvgIpc) is 2.57. The summed E-state index contributed by atoms with van der Waals surface area (Å²) in [5.74, 6) is 0.579. The van der Waals surface area contributed by atoms with Gasteiger partial charge in [0.25, 0.3) is 0 Å². The van der Waals surface area contributed by atoms with E-state index >= 15 is 0 Å². The summed E-state index contributed by atoms with van der Waals surface area (Å²) in [6, 6.07) is 3.63. The first kappa shape index (κ1) is 16.8. The second kappa shape index (κ2) is 7.13. The fraction of sp³-hybridized carbons (Fsp3) is 0.375. The van der Waals surface area contributed by atoms with Crippen molar-refractivity contribution >= 4 is 11.6 Å². The van der Waals surface area contributed by atoms with E-state index in [4.69, 9.17) is 9.47 Å². The molecule has 0 saturated heterocycles. The van der Waals surface area contributed by atoms with E-state index in [0.717, 1.165) is 23.9 Å². The molecule has 0 radical (unpaired) electrons. The molecule has 7 heteroatoms. The van der Waals surface area contributed by atoms with E-state index in [2.05, 4.69) is 10.3 Å². The molecule has 23 heavy (non-hydrogen) atoms. The maximum absolute atomic E-state index is 13.4. The van der Waals surface area contributed by atoms with Gasteiger partial charge in [-0.15, -0.1) is 0 Å². The highest BCUT2D eigenvalue weighted by atomic mass is 19.1. The molecule has 0 aliphatic carbocycles. The topological polar surface area (TPSA) is 65.4 Å².